The first-order valence-corrected chi connectivity index (χ1v) is 13.2. The monoisotopic (exact) mass is 532 g/mol. The molecule has 0 radical (unpaired) electrons. The summed E-state index contributed by atoms with van der Waals surface area (Å²) < 4.78 is 32.2. The second-order valence-electron chi connectivity index (χ2n) is 8.78. The van der Waals surface area contributed by atoms with E-state index in [0.29, 0.717) is 13.0 Å². The molecule has 0 fully saturated rings. The molecule has 11 nitrogen and oxygen atoms in total. The number of hydrogen-bond donors (Lipinski definition) is 3. The number of ether oxygens (including phenoxy) is 1. The van der Waals surface area contributed by atoms with Crippen LogP contribution >= 0.6 is 0 Å². The van der Waals surface area contributed by atoms with E-state index in [1.54, 1.807) is 39.8 Å². The summed E-state index contributed by atoms with van der Waals surface area (Å²) in [6, 6.07) is 8.53. The molecule has 0 aliphatic rings. The quantitative estimate of drug-likeness (QED) is 0.273. The molecule has 3 N–H and O–H groups in total. The molecule has 0 saturated carbocycles. The lowest BCUT2D eigenvalue weighted by Crippen LogP contribution is -2.31. The number of carbonyl (C=O) groups is 4. The van der Waals surface area contributed by atoms with Crippen LogP contribution in [0.3, 0.4) is 0 Å². The molecule has 0 atom stereocenters. The van der Waals surface area contributed by atoms with E-state index < -0.39 is 21.8 Å². The number of nitrogens with one attached hydrogen (secondary N) is 3. The maximum Gasteiger partial charge on any atom is 0.308 e. The SMILES string of the molecule is CC(C)C(=O)NCCc1ccc(S(=O)(=O)NC(=O)c2ccc(C(=O)NCCOC(=O)C(C)C)nc2)cc1. The fourth-order valence-electron chi connectivity index (χ4n) is 2.85. The lowest BCUT2D eigenvalue weighted by Gasteiger charge is -2.10. The predicted molar refractivity (Wildman–Crippen MR) is 135 cm³/mol. The largest absolute Gasteiger partial charge is 0.464 e. The lowest BCUT2D eigenvalue weighted by molar-refractivity contribution is -0.147. The first-order chi connectivity index (χ1) is 17.4. The van der Waals surface area contributed by atoms with Crippen molar-refractivity contribution in [1.29, 1.82) is 0 Å². The van der Waals surface area contributed by atoms with Crippen LogP contribution in [0.4, 0.5) is 0 Å². The molecule has 3 amide bonds. The molecule has 2 rings (SSSR count). The molecule has 12 heteroatoms. The third-order valence-corrected chi connectivity index (χ3v) is 6.41. The fraction of sp³-hybridized carbons (Fsp3) is 0.400. The van der Waals surface area contributed by atoms with Crippen LogP contribution in [0, 0.1) is 11.8 Å². The molecule has 0 unspecified atom stereocenters. The van der Waals surface area contributed by atoms with Crippen LogP contribution in [0.5, 0.6) is 0 Å². The van der Waals surface area contributed by atoms with E-state index in [4.69, 9.17) is 4.74 Å². The van der Waals surface area contributed by atoms with Gasteiger partial charge in [0.2, 0.25) is 5.91 Å². The molecule has 0 spiro atoms. The Balaban J connectivity index is 1.89. The van der Waals surface area contributed by atoms with Crippen molar-refractivity contribution < 1.29 is 32.3 Å². The minimum Gasteiger partial charge on any atom is -0.464 e. The summed E-state index contributed by atoms with van der Waals surface area (Å²) in [7, 11) is -4.14. The predicted octanol–water partition coefficient (Wildman–Crippen LogP) is 1.44. The van der Waals surface area contributed by atoms with E-state index in [-0.39, 0.29) is 53.0 Å². The summed E-state index contributed by atoms with van der Waals surface area (Å²) in [6.45, 7) is 7.50. The average Bonchev–Trinajstić information content (AvgIpc) is 2.86. The minimum absolute atomic E-state index is 0.00904. The highest BCUT2D eigenvalue weighted by Gasteiger charge is 2.19. The normalized spacial score (nSPS) is 11.2. The van der Waals surface area contributed by atoms with E-state index >= 15 is 0 Å². The number of rotatable bonds is 12. The highest BCUT2D eigenvalue weighted by Crippen LogP contribution is 2.12. The van der Waals surface area contributed by atoms with Crippen LogP contribution in [0.1, 0.15) is 54.1 Å². The van der Waals surface area contributed by atoms with Crippen LogP contribution < -0.4 is 15.4 Å². The first-order valence-electron chi connectivity index (χ1n) is 11.8. The van der Waals surface area contributed by atoms with Crippen molar-refractivity contribution in [3.05, 3.63) is 59.4 Å². The molecule has 1 heterocycles. The van der Waals surface area contributed by atoms with Crippen molar-refractivity contribution in [2.75, 3.05) is 19.7 Å². The number of amides is 3. The number of nitrogens with zero attached hydrogens (tertiary/aromatic N) is 1. The number of aromatic nitrogens is 1. The van der Waals surface area contributed by atoms with Crippen LogP contribution in [0.25, 0.3) is 0 Å². The molecular formula is C25H32N4O7S. The topological polar surface area (TPSA) is 161 Å². The fourth-order valence-corrected chi connectivity index (χ4v) is 3.82. The van der Waals surface area contributed by atoms with Gasteiger partial charge >= 0.3 is 5.97 Å². The molecule has 0 bridgehead atoms. The van der Waals surface area contributed by atoms with Gasteiger partial charge in [0.1, 0.15) is 12.3 Å². The highest BCUT2D eigenvalue weighted by molar-refractivity contribution is 7.90. The standard InChI is InChI=1S/C25H32N4O7S/c1-16(2)22(30)26-12-11-18-5-8-20(9-6-18)37(34,35)29-23(31)19-7-10-21(28-15-19)24(32)27-13-14-36-25(33)17(3)4/h5-10,15-17H,11-14H2,1-4H3,(H,26,30)(H,27,32)(H,29,31). The summed E-state index contributed by atoms with van der Waals surface area (Å²) in [6.07, 6.45) is 1.62. The Morgan fingerprint density at radius 1 is 0.865 bits per heavy atom. The smallest absolute Gasteiger partial charge is 0.308 e. The second-order valence-corrected chi connectivity index (χ2v) is 10.5. The maximum absolute atomic E-state index is 12.6. The summed E-state index contributed by atoms with van der Waals surface area (Å²) in [5, 5.41) is 5.32. The van der Waals surface area contributed by atoms with Crippen LogP contribution in [-0.4, -0.2) is 56.8 Å². The van der Waals surface area contributed by atoms with Gasteiger partial charge in [-0.2, -0.15) is 0 Å². The Labute approximate surface area is 216 Å². The molecule has 37 heavy (non-hydrogen) atoms. The molecular weight excluding hydrogens is 500 g/mol. The number of sulfonamides is 1. The van der Waals surface area contributed by atoms with Crippen LogP contribution in [0.2, 0.25) is 0 Å². The van der Waals surface area contributed by atoms with Crippen molar-refractivity contribution in [3.63, 3.8) is 0 Å². The Morgan fingerprint density at radius 2 is 1.54 bits per heavy atom. The molecule has 200 valence electrons. The van der Waals surface area contributed by atoms with Gasteiger partial charge in [-0.25, -0.2) is 13.1 Å². The third kappa shape index (κ3) is 9.30. The highest BCUT2D eigenvalue weighted by atomic mass is 32.2. The summed E-state index contributed by atoms with van der Waals surface area (Å²) in [5.41, 5.74) is 0.781. The van der Waals surface area contributed by atoms with Gasteiger partial charge in [-0.1, -0.05) is 39.8 Å². The van der Waals surface area contributed by atoms with Gasteiger partial charge in [0.15, 0.2) is 0 Å². The van der Waals surface area contributed by atoms with E-state index in [1.807, 2.05) is 4.72 Å². The Hall–Kier alpha value is -3.80. The summed E-state index contributed by atoms with van der Waals surface area (Å²) in [4.78, 5) is 51.4. The van der Waals surface area contributed by atoms with Crippen LogP contribution in [0.15, 0.2) is 47.5 Å². The Kier molecular flexibility index (Phi) is 10.7. The minimum atomic E-state index is -4.14. The molecule has 2 aromatic rings. The lowest BCUT2D eigenvalue weighted by atomic mass is 10.1. The number of esters is 1. The van der Waals surface area contributed by atoms with Crippen molar-refractivity contribution >= 4 is 33.7 Å². The molecule has 0 aliphatic heterocycles. The van der Waals surface area contributed by atoms with Crippen molar-refractivity contribution in [2.45, 2.75) is 39.0 Å². The zero-order valence-electron chi connectivity index (χ0n) is 21.2. The molecule has 0 saturated heterocycles. The third-order valence-electron chi connectivity index (χ3n) is 5.06. The van der Waals surface area contributed by atoms with Crippen LogP contribution in [-0.2, 0) is 30.8 Å². The number of benzene rings is 1. The number of hydrogen-bond acceptors (Lipinski definition) is 8. The summed E-state index contributed by atoms with van der Waals surface area (Å²) >= 11 is 0. The molecule has 1 aromatic heterocycles. The van der Waals surface area contributed by atoms with Gasteiger partial charge in [-0.05, 0) is 36.2 Å². The second kappa shape index (κ2) is 13.5. The Morgan fingerprint density at radius 3 is 2.11 bits per heavy atom. The van der Waals surface area contributed by atoms with Crippen molar-refractivity contribution in [3.8, 4) is 0 Å². The van der Waals surface area contributed by atoms with Crippen molar-refractivity contribution in [2.24, 2.45) is 11.8 Å². The van der Waals surface area contributed by atoms with Gasteiger partial charge < -0.3 is 15.4 Å². The average molecular weight is 533 g/mol. The van der Waals surface area contributed by atoms with E-state index in [9.17, 15) is 27.6 Å². The van der Waals surface area contributed by atoms with E-state index in [0.717, 1.165) is 11.8 Å². The van der Waals surface area contributed by atoms with E-state index in [2.05, 4.69) is 15.6 Å². The Bertz CT molecular complexity index is 1210. The van der Waals surface area contributed by atoms with E-state index in [1.165, 1.54) is 24.3 Å². The van der Waals surface area contributed by atoms with Gasteiger partial charge in [0, 0.05) is 18.7 Å². The zero-order valence-corrected chi connectivity index (χ0v) is 22.1. The zero-order chi connectivity index (χ0) is 27.6. The maximum atomic E-state index is 12.6. The molecule has 0 aliphatic carbocycles. The number of carbonyl (C=O) groups excluding carboxylic acids is 4. The van der Waals surface area contributed by atoms with Gasteiger partial charge in [0.25, 0.3) is 21.8 Å². The van der Waals surface area contributed by atoms with Crippen molar-refractivity contribution in [1.82, 2.24) is 20.3 Å². The van der Waals surface area contributed by atoms with Gasteiger partial charge in [0.05, 0.1) is 22.9 Å². The van der Waals surface area contributed by atoms with Gasteiger partial charge in [-0.3, -0.25) is 24.2 Å². The van der Waals surface area contributed by atoms with Gasteiger partial charge in [-0.15, -0.1) is 0 Å². The number of pyridine rings is 1. The first kappa shape index (κ1) is 29.4. The summed E-state index contributed by atoms with van der Waals surface area (Å²) in [5.74, 6) is -2.26. The molecule has 1 aromatic carbocycles.